The normalized spacial score (nSPS) is 17.2. The summed E-state index contributed by atoms with van der Waals surface area (Å²) >= 11 is 0. The van der Waals surface area contributed by atoms with Crippen LogP contribution in [0.3, 0.4) is 0 Å². The molecule has 2 unspecified atom stereocenters. The van der Waals surface area contributed by atoms with Gasteiger partial charge in [-0.3, -0.25) is 24.9 Å². The third-order valence-corrected chi connectivity index (χ3v) is 9.99. The second-order valence-electron chi connectivity index (χ2n) is 12.1. The summed E-state index contributed by atoms with van der Waals surface area (Å²) in [4.78, 5) is 35.7. The first kappa shape index (κ1) is 37.5. The minimum atomic E-state index is -4.04. The van der Waals surface area contributed by atoms with Crippen molar-refractivity contribution in [3.63, 3.8) is 0 Å². The number of likely N-dealkylation sites (tertiary alicyclic amines) is 1. The molecule has 2 N–H and O–H groups in total. The summed E-state index contributed by atoms with van der Waals surface area (Å²) in [6.45, 7) is 6.24. The molecule has 13 nitrogen and oxygen atoms in total. The van der Waals surface area contributed by atoms with Gasteiger partial charge in [0.15, 0.2) is 9.84 Å². The average Bonchev–Trinajstić information content (AvgIpc) is 3.11. The van der Waals surface area contributed by atoms with Crippen molar-refractivity contribution in [2.45, 2.75) is 49.9 Å². The molecule has 2 atom stereocenters. The van der Waals surface area contributed by atoms with E-state index in [0.29, 0.717) is 43.7 Å². The number of nitrogens with one attached hydrogen (secondary N) is 2. The van der Waals surface area contributed by atoms with Gasteiger partial charge in [0.1, 0.15) is 24.5 Å². The number of carbonyl (C=O) groups is 2. The Morgan fingerprint density at radius 2 is 1.63 bits per heavy atom. The maximum absolute atomic E-state index is 13.8. The average molecular weight is 692 g/mol. The van der Waals surface area contributed by atoms with Crippen LogP contribution in [0.1, 0.15) is 48.8 Å². The molecule has 2 aromatic rings. The molecule has 2 saturated heterocycles. The fraction of sp³-hybridized carbons (Fsp3) is 0.514. The molecule has 4 rings (SSSR count). The Kier molecular flexibility index (Phi) is 15.0. The Balaban J connectivity index is 1.54. The van der Waals surface area contributed by atoms with Gasteiger partial charge in [0.25, 0.3) is 0 Å². The monoisotopic (exact) mass is 691 g/mol. The van der Waals surface area contributed by atoms with Gasteiger partial charge in [0, 0.05) is 25.2 Å². The van der Waals surface area contributed by atoms with Crippen LogP contribution in [0.4, 0.5) is 4.79 Å². The first-order chi connectivity index (χ1) is 23.8. The molecule has 2 aliphatic heterocycles. The first-order valence-electron chi connectivity index (χ1n) is 16.7. The lowest BCUT2D eigenvalue weighted by atomic mass is 10.1. The third kappa shape index (κ3) is 12.9. The lowest BCUT2D eigenvalue weighted by molar-refractivity contribution is -0.122. The van der Waals surface area contributed by atoms with Crippen LogP contribution < -0.4 is 10.6 Å². The number of amides is 2. The highest BCUT2D eigenvalue weighted by atomic mass is 32.2. The van der Waals surface area contributed by atoms with Crippen LogP contribution >= 0.6 is 0 Å². The number of rotatable bonds is 15. The molecular formula is C35H45N7O6S. The highest BCUT2D eigenvalue weighted by molar-refractivity contribution is 7.90. The van der Waals surface area contributed by atoms with Gasteiger partial charge in [0.2, 0.25) is 5.91 Å². The van der Waals surface area contributed by atoms with Crippen LogP contribution in [-0.2, 0) is 29.9 Å². The highest BCUT2D eigenvalue weighted by Crippen LogP contribution is 2.15. The van der Waals surface area contributed by atoms with Crippen molar-refractivity contribution in [3.8, 4) is 12.1 Å². The predicted octanol–water partition coefficient (Wildman–Crippen LogP) is 2.62. The van der Waals surface area contributed by atoms with Gasteiger partial charge in [-0.2, -0.15) is 10.5 Å². The molecule has 0 aromatic heterocycles. The summed E-state index contributed by atoms with van der Waals surface area (Å²) in [5.74, 6) is -2.04. The summed E-state index contributed by atoms with van der Waals surface area (Å²) in [5.41, 5.74) is 0.937. The van der Waals surface area contributed by atoms with Crippen LogP contribution in [0.2, 0.25) is 0 Å². The van der Waals surface area contributed by atoms with E-state index < -0.39 is 45.4 Å². The van der Waals surface area contributed by atoms with Crippen molar-refractivity contribution in [3.05, 3.63) is 71.3 Å². The van der Waals surface area contributed by atoms with Gasteiger partial charge < -0.3 is 14.8 Å². The molecule has 14 heteroatoms. The Morgan fingerprint density at radius 3 is 2.35 bits per heavy atom. The summed E-state index contributed by atoms with van der Waals surface area (Å²) in [5, 5.41) is 24.7. The standard InChI is InChI=1S/C35H45N7O6S/c36-24-29-12-5-6-13-30(29)26-49(45,46)27-32(34(43)38-31(25-37)14-9-17-42-18-21-47-22-19-42)39-33(28-10-3-1-4-11-28)40-35(44)48-23-20-41-15-7-2-8-16-41/h1,3-6,10-13,31-32H,2,7-9,14-23,26-27H2,(H,38,43)(H,39,40,44). The number of hydrogen-bond donors (Lipinski definition) is 2. The molecule has 0 radical (unpaired) electrons. The molecule has 0 saturated carbocycles. The molecule has 0 bridgehead atoms. The lowest BCUT2D eigenvalue weighted by Gasteiger charge is -2.26. The molecule has 0 aliphatic carbocycles. The number of benzene rings is 2. The molecule has 2 amide bonds. The lowest BCUT2D eigenvalue weighted by Crippen LogP contribution is -2.45. The van der Waals surface area contributed by atoms with E-state index >= 15 is 0 Å². The van der Waals surface area contributed by atoms with E-state index in [0.717, 1.165) is 45.6 Å². The smallest absolute Gasteiger partial charge is 0.412 e. The maximum atomic E-state index is 13.8. The van der Waals surface area contributed by atoms with Crippen molar-refractivity contribution < 1.29 is 27.5 Å². The van der Waals surface area contributed by atoms with Crippen LogP contribution in [0.5, 0.6) is 0 Å². The topological polar surface area (TPSA) is 177 Å². The number of hydrogen-bond acceptors (Lipinski definition) is 11. The van der Waals surface area contributed by atoms with Crippen molar-refractivity contribution in [2.75, 3.05) is 64.8 Å². The van der Waals surface area contributed by atoms with Crippen molar-refractivity contribution in [2.24, 2.45) is 4.99 Å². The molecule has 49 heavy (non-hydrogen) atoms. The number of ether oxygens (including phenoxy) is 2. The molecular weight excluding hydrogens is 646 g/mol. The molecule has 2 heterocycles. The van der Waals surface area contributed by atoms with Crippen LogP contribution in [0, 0.1) is 22.7 Å². The maximum Gasteiger partial charge on any atom is 0.412 e. The Hall–Kier alpha value is -4.34. The van der Waals surface area contributed by atoms with E-state index in [1.54, 1.807) is 48.5 Å². The molecule has 0 spiro atoms. The number of amidine groups is 1. The van der Waals surface area contributed by atoms with Gasteiger partial charge >= 0.3 is 6.09 Å². The van der Waals surface area contributed by atoms with E-state index in [1.165, 1.54) is 12.5 Å². The number of sulfone groups is 1. The highest BCUT2D eigenvalue weighted by Gasteiger charge is 2.29. The van der Waals surface area contributed by atoms with Gasteiger partial charge in [-0.1, -0.05) is 55.0 Å². The number of morpholine rings is 1. The SMILES string of the molecule is N#Cc1ccccc1CS(=O)(=O)CC(N=C(NC(=O)OCCN1CCCCC1)c1ccccc1)C(=O)NC(C#N)CCCN1CCOCC1. The van der Waals surface area contributed by atoms with E-state index in [9.17, 15) is 28.5 Å². The van der Waals surface area contributed by atoms with Gasteiger partial charge in [-0.25, -0.2) is 13.2 Å². The summed E-state index contributed by atoms with van der Waals surface area (Å²) in [6.07, 6.45) is 3.59. The Morgan fingerprint density at radius 1 is 0.939 bits per heavy atom. The van der Waals surface area contributed by atoms with Crippen LogP contribution in [-0.4, -0.2) is 113 Å². The van der Waals surface area contributed by atoms with E-state index in [4.69, 9.17) is 9.47 Å². The van der Waals surface area contributed by atoms with E-state index in [1.807, 2.05) is 6.07 Å². The fourth-order valence-corrected chi connectivity index (χ4v) is 7.31. The largest absolute Gasteiger partial charge is 0.448 e. The van der Waals surface area contributed by atoms with E-state index in [2.05, 4.69) is 31.5 Å². The predicted molar refractivity (Wildman–Crippen MR) is 184 cm³/mol. The van der Waals surface area contributed by atoms with Gasteiger partial charge in [-0.05, 0) is 56.9 Å². The third-order valence-electron chi connectivity index (χ3n) is 8.41. The minimum Gasteiger partial charge on any atom is -0.448 e. The fourth-order valence-electron chi connectivity index (χ4n) is 5.76. The second-order valence-corrected chi connectivity index (χ2v) is 14.2. The zero-order chi connectivity index (χ0) is 34.9. The molecule has 2 aromatic carbocycles. The number of carbonyl (C=O) groups excluding carboxylic acids is 2. The van der Waals surface area contributed by atoms with Crippen LogP contribution in [0.15, 0.2) is 59.6 Å². The first-order valence-corrected chi connectivity index (χ1v) is 18.6. The molecule has 2 fully saturated rings. The van der Waals surface area contributed by atoms with Crippen molar-refractivity contribution >= 4 is 27.7 Å². The number of nitriles is 2. The number of aliphatic imine (C=N–C) groups is 1. The van der Waals surface area contributed by atoms with Crippen LogP contribution in [0.25, 0.3) is 0 Å². The van der Waals surface area contributed by atoms with E-state index in [-0.39, 0.29) is 18.0 Å². The number of nitrogens with zero attached hydrogens (tertiary/aromatic N) is 5. The van der Waals surface area contributed by atoms with Crippen molar-refractivity contribution in [1.82, 2.24) is 20.4 Å². The summed E-state index contributed by atoms with van der Waals surface area (Å²) in [6, 6.07) is 16.6. The second kappa shape index (κ2) is 19.6. The summed E-state index contributed by atoms with van der Waals surface area (Å²) in [7, 11) is -4.04. The number of alkyl carbamates (subject to hydrolysis) is 1. The molecule has 262 valence electrons. The molecule has 2 aliphatic rings. The Labute approximate surface area is 288 Å². The zero-order valence-corrected chi connectivity index (χ0v) is 28.6. The Bertz CT molecular complexity index is 1590. The van der Waals surface area contributed by atoms with Gasteiger partial charge in [0.05, 0.1) is 42.4 Å². The number of piperidine rings is 1. The van der Waals surface area contributed by atoms with Crippen molar-refractivity contribution in [1.29, 1.82) is 10.5 Å². The summed E-state index contributed by atoms with van der Waals surface area (Å²) < 4.78 is 38.0. The van der Waals surface area contributed by atoms with Gasteiger partial charge in [-0.15, -0.1) is 0 Å². The minimum absolute atomic E-state index is 0.0443. The zero-order valence-electron chi connectivity index (χ0n) is 27.8. The quantitative estimate of drug-likeness (QED) is 0.209.